The van der Waals surface area contributed by atoms with Crippen LogP contribution in [0.25, 0.3) is 0 Å². The van der Waals surface area contributed by atoms with Crippen LogP contribution >= 0.6 is 7.82 Å². The summed E-state index contributed by atoms with van der Waals surface area (Å²) in [6.07, 6.45) is 16.9. The number of hydrogen-bond donors (Lipinski definition) is 11. The Morgan fingerprint density at radius 1 is 0.380 bits per heavy atom. The number of esters is 3. The van der Waals surface area contributed by atoms with Crippen molar-refractivity contribution in [3.05, 3.63) is 12.2 Å². The molecule has 25 heteroatoms. The number of ether oxygens (including phenoxy) is 7. The smallest absolute Gasteiger partial charge is 0.463 e. The Kier molecular flexibility index (Phi) is 52.3. The Balaban J connectivity index is 1.71. The summed E-state index contributed by atoms with van der Waals surface area (Å²) >= 11 is 0. The van der Waals surface area contributed by atoms with Crippen LogP contribution in [0.5, 0.6) is 0 Å². The number of allylic oxidation sites excluding steroid dienone is 2. The van der Waals surface area contributed by atoms with E-state index in [1.807, 2.05) is 0 Å². The summed E-state index contributed by atoms with van der Waals surface area (Å²) < 4.78 is 65.1. The largest absolute Gasteiger partial charge is 0.472 e. The number of aliphatic hydroxyl groups excluding tert-OH is 10. The van der Waals surface area contributed by atoms with Crippen LogP contribution < -0.4 is 0 Å². The first kappa shape index (κ1) is 91.9. The zero-order valence-electron chi connectivity index (χ0n) is 61.5. The average Bonchev–Trinajstić information content (AvgIpc) is 0.761. The average molecular weight is 1460 g/mol. The number of hydrogen-bond acceptors (Lipinski definition) is 23. The topological polar surface area (TPSA) is 374 Å². The number of carbonyl (C=O) groups excluding carboxylic acids is 3. The number of phosphoric acid groups is 1. The molecule has 0 aromatic carbocycles. The van der Waals surface area contributed by atoms with Gasteiger partial charge in [-0.15, -0.1) is 0 Å². The van der Waals surface area contributed by atoms with Gasteiger partial charge in [0, 0.05) is 19.3 Å². The van der Waals surface area contributed by atoms with Crippen molar-refractivity contribution < 1.29 is 117 Å². The van der Waals surface area contributed by atoms with Crippen LogP contribution in [0.4, 0.5) is 0 Å². The molecule has 1 saturated carbocycles. The predicted octanol–water partition coefficient (Wildman–Crippen LogP) is 11.5. The number of aliphatic hydroxyl groups is 10. The summed E-state index contributed by atoms with van der Waals surface area (Å²) in [5.74, 6) is -1.99. The number of rotatable bonds is 62. The lowest BCUT2D eigenvalue weighted by Crippen LogP contribution is -2.69. The van der Waals surface area contributed by atoms with E-state index < -0.39 is 156 Å². The van der Waals surface area contributed by atoms with E-state index in [2.05, 4.69) is 32.9 Å². The van der Waals surface area contributed by atoms with Gasteiger partial charge in [0.05, 0.1) is 13.2 Å². The van der Waals surface area contributed by atoms with Gasteiger partial charge in [-0.25, -0.2) is 4.57 Å². The monoisotopic (exact) mass is 1450 g/mol. The highest BCUT2D eigenvalue weighted by atomic mass is 31.2. The van der Waals surface area contributed by atoms with Gasteiger partial charge in [0.1, 0.15) is 98.7 Å². The molecule has 24 nitrogen and oxygen atoms in total. The molecular formula is C75H139O24P. The first-order valence-electron chi connectivity index (χ1n) is 39.5. The first-order chi connectivity index (χ1) is 48.3. The van der Waals surface area contributed by atoms with Crippen molar-refractivity contribution in [3.8, 4) is 0 Å². The van der Waals surface area contributed by atoms with E-state index in [0.29, 0.717) is 19.3 Å². The molecule has 2 heterocycles. The highest BCUT2D eigenvalue weighted by molar-refractivity contribution is 7.47. The predicted molar refractivity (Wildman–Crippen MR) is 379 cm³/mol. The molecule has 2 saturated heterocycles. The lowest BCUT2D eigenvalue weighted by Gasteiger charge is -2.49. The molecule has 1 aliphatic carbocycles. The van der Waals surface area contributed by atoms with Crippen LogP contribution in [0.2, 0.25) is 0 Å². The van der Waals surface area contributed by atoms with E-state index >= 15 is 0 Å². The fourth-order valence-corrected chi connectivity index (χ4v) is 14.1. The van der Waals surface area contributed by atoms with E-state index in [4.69, 9.17) is 42.2 Å². The molecule has 11 N–H and O–H groups in total. The van der Waals surface area contributed by atoms with Gasteiger partial charge in [-0.05, 0) is 44.9 Å². The van der Waals surface area contributed by atoms with Gasteiger partial charge in [0.15, 0.2) is 18.7 Å². The van der Waals surface area contributed by atoms with Crippen molar-refractivity contribution in [2.75, 3.05) is 26.4 Å². The Hall–Kier alpha value is -2.30. The van der Waals surface area contributed by atoms with Crippen molar-refractivity contribution in [3.63, 3.8) is 0 Å². The van der Waals surface area contributed by atoms with Crippen LogP contribution in [-0.2, 0) is 61.2 Å². The molecule has 0 aromatic heterocycles. The molecule has 0 spiro atoms. The highest BCUT2D eigenvalue weighted by Gasteiger charge is 2.58. The van der Waals surface area contributed by atoms with Crippen molar-refractivity contribution in [2.24, 2.45) is 0 Å². The summed E-state index contributed by atoms with van der Waals surface area (Å²) in [5, 5.41) is 110. The first-order valence-corrected chi connectivity index (χ1v) is 41.0. The van der Waals surface area contributed by atoms with Crippen molar-refractivity contribution in [1.29, 1.82) is 0 Å². The molecule has 0 aromatic rings. The molecule has 18 atom stereocenters. The van der Waals surface area contributed by atoms with Gasteiger partial charge >= 0.3 is 25.7 Å². The van der Waals surface area contributed by atoms with E-state index in [9.17, 15) is 74.9 Å². The van der Waals surface area contributed by atoms with E-state index in [1.54, 1.807) is 0 Å². The standard InChI is InChI=1S/C75H139O24P/c1-4-7-10-13-16-19-22-25-28-30-32-35-38-41-44-47-50-60(78)92-55-58-63(81)65(83)70(88)75(96-58)98-72-68(86)66(84)67(85)71(97-74-69(87)64(82)62(80)57(52-76)95-74)73(72)99-100(89,90)93-54-56(53-91-59(77)49-46-43-40-37-34-31-27-24-21-18-15-12-9-6-3)94-61(79)51-48-45-42-39-36-33-29-26-23-20-17-14-11-8-5-2/h31,34,56-58,62-76,80-88H,4-30,32-33,35-55H2,1-3H3,(H,89,90)/b34-31-. The molecule has 18 unspecified atom stereocenters. The maximum absolute atomic E-state index is 14.3. The van der Waals surface area contributed by atoms with Crippen LogP contribution in [-0.4, -0.2) is 204 Å². The number of unbranched alkanes of at least 4 members (excludes halogenated alkanes) is 39. The van der Waals surface area contributed by atoms with Gasteiger partial charge in [0.25, 0.3) is 0 Å². The van der Waals surface area contributed by atoms with Crippen molar-refractivity contribution >= 4 is 25.7 Å². The van der Waals surface area contributed by atoms with Crippen molar-refractivity contribution in [1.82, 2.24) is 0 Å². The zero-order valence-corrected chi connectivity index (χ0v) is 62.4. The van der Waals surface area contributed by atoms with E-state index in [0.717, 1.165) is 96.3 Å². The molecule has 0 radical (unpaired) electrons. The second-order valence-corrected chi connectivity index (χ2v) is 29.8. The fourth-order valence-electron chi connectivity index (χ4n) is 13.1. The van der Waals surface area contributed by atoms with Crippen LogP contribution in [0.3, 0.4) is 0 Å². The second kappa shape index (κ2) is 57.0. The Labute approximate surface area is 599 Å². The van der Waals surface area contributed by atoms with Crippen LogP contribution in [0.15, 0.2) is 12.2 Å². The molecule has 100 heavy (non-hydrogen) atoms. The summed E-state index contributed by atoms with van der Waals surface area (Å²) in [6, 6.07) is 0. The van der Waals surface area contributed by atoms with Gasteiger partial charge < -0.3 is 89.1 Å². The minimum absolute atomic E-state index is 0.0281. The Morgan fingerprint density at radius 3 is 1.09 bits per heavy atom. The van der Waals surface area contributed by atoms with Crippen LogP contribution in [0.1, 0.15) is 316 Å². The fraction of sp³-hybridized carbons (Fsp3) is 0.933. The number of carbonyl (C=O) groups is 3. The minimum atomic E-state index is -5.70. The number of phosphoric ester groups is 1. The Bertz CT molecular complexity index is 2110. The molecule has 3 rings (SSSR count). The molecular weight excluding hydrogens is 1320 g/mol. The third-order valence-electron chi connectivity index (χ3n) is 19.5. The maximum Gasteiger partial charge on any atom is 0.472 e. The highest BCUT2D eigenvalue weighted by Crippen LogP contribution is 2.49. The van der Waals surface area contributed by atoms with Crippen LogP contribution in [0, 0.1) is 0 Å². The zero-order chi connectivity index (χ0) is 73.2. The summed E-state index contributed by atoms with van der Waals surface area (Å²) in [6.45, 7) is 3.47. The molecule has 0 bridgehead atoms. The SMILES string of the molecule is CCCCCCCCC/C=C\CCCCCC(=O)OCC(COP(=O)(O)OC1C(OC2OC(CO)C(O)C(O)C2O)C(O)C(O)C(O)C1OC1OC(COC(=O)CCCCCCCCCCCCCCCCCC)C(O)C(O)C1O)OC(=O)CCCCCCCCCCCCCCCCC. The van der Waals surface area contributed by atoms with Gasteiger partial charge in [-0.1, -0.05) is 264 Å². The quantitative estimate of drug-likeness (QED) is 0.00886. The summed E-state index contributed by atoms with van der Waals surface area (Å²) in [5.41, 5.74) is 0. The third-order valence-corrected chi connectivity index (χ3v) is 20.5. The summed E-state index contributed by atoms with van der Waals surface area (Å²) in [7, 11) is -5.70. The lowest BCUT2D eigenvalue weighted by molar-refractivity contribution is -0.360. The minimum Gasteiger partial charge on any atom is -0.463 e. The van der Waals surface area contributed by atoms with Crippen molar-refractivity contribution in [2.45, 2.75) is 420 Å². The van der Waals surface area contributed by atoms with Gasteiger partial charge in [-0.3, -0.25) is 23.4 Å². The summed E-state index contributed by atoms with van der Waals surface area (Å²) in [4.78, 5) is 51.1. The molecule has 0 amide bonds. The molecule has 3 aliphatic rings. The van der Waals surface area contributed by atoms with Gasteiger partial charge in [0.2, 0.25) is 0 Å². The van der Waals surface area contributed by atoms with Gasteiger partial charge in [-0.2, -0.15) is 0 Å². The molecule has 3 fully saturated rings. The molecule has 588 valence electrons. The lowest BCUT2D eigenvalue weighted by atomic mass is 9.84. The maximum atomic E-state index is 14.3. The normalized spacial score (nSPS) is 27.3. The molecule has 2 aliphatic heterocycles. The second-order valence-electron chi connectivity index (χ2n) is 28.4. The van der Waals surface area contributed by atoms with E-state index in [1.165, 1.54) is 161 Å². The third kappa shape index (κ3) is 39.3. The Morgan fingerprint density at radius 2 is 0.700 bits per heavy atom. The van der Waals surface area contributed by atoms with E-state index in [-0.39, 0.29) is 19.3 Å².